The maximum absolute atomic E-state index is 13.5. The van der Waals surface area contributed by atoms with Gasteiger partial charge in [0.2, 0.25) is 5.88 Å². The van der Waals surface area contributed by atoms with E-state index in [9.17, 15) is 19.4 Å². The number of para-hydroxylation sites is 1. The molecule has 3 rings (SSSR count). The van der Waals surface area contributed by atoms with Crippen LogP contribution in [-0.4, -0.2) is 34.3 Å². The van der Waals surface area contributed by atoms with Gasteiger partial charge >= 0.3 is 0 Å². The lowest BCUT2D eigenvalue weighted by Crippen LogP contribution is -2.41. The number of halogens is 1. The lowest BCUT2D eigenvalue weighted by atomic mass is 9.75. The van der Waals surface area contributed by atoms with Gasteiger partial charge in [-0.2, -0.15) is 0 Å². The molecule has 0 saturated heterocycles. The molecule has 1 saturated carbocycles. The highest BCUT2D eigenvalue weighted by molar-refractivity contribution is 5.97. The molecular formula is C18H19FN2O4. The van der Waals surface area contributed by atoms with Crippen molar-refractivity contribution in [1.29, 1.82) is 0 Å². The Morgan fingerprint density at radius 3 is 2.72 bits per heavy atom. The van der Waals surface area contributed by atoms with Gasteiger partial charge in [0.05, 0.1) is 24.8 Å². The highest BCUT2D eigenvalue weighted by Gasteiger charge is 2.36. The fourth-order valence-electron chi connectivity index (χ4n) is 2.99. The summed E-state index contributed by atoms with van der Waals surface area (Å²) in [6.45, 7) is 0. The minimum absolute atomic E-state index is 0.0323. The second-order valence-electron chi connectivity index (χ2n) is 6.11. The van der Waals surface area contributed by atoms with Gasteiger partial charge in [-0.15, -0.1) is 0 Å². The van der Waals surface area contributed by atoms with Crippen LogP contribution in [0.15, 0.2) is 36.5 Å². The highest BCUT2D eigenvalue weighted by atomic mass is 19.1. The van der Waals surface area contributed by atoms with E-state index in [0.29, 0.717) is 18.7 Å². The van der Waals surface area contributed by atoms with Gasteiger partial charge in [-0.1, -0.05) is 12.1 Å². The van der Waals surface area contributed by atoms with E-state index in [4.69, 9.17) is 4.74 Å². The van der Waals surface area contributed by atoms with Crippen LogP contribution in [0.2, 0.25) is 0 Å². The van der Waals surface area contributed by atoms with Gasteiger partial charge in [0.1, 0.15) is 0 Å². The largest absolute Gasteiger partial charge is 0.504 e. The predicted molar refractivity (Wildman–Crippen MR) is 87.8 cm³/mol. The van der Waals surface area contributed by atoms with Crippen molar-refractivity contribution < 1.29 is 24.1 Å². The molecule has 132 valence electrons. The van der Waals surface area contributed by atoms with Crippen LogP contribution in [0.5, 0.6) is 11.6 Å². The molecule has 0 aliphatic heterocycles. The molecule has 1 aliphatic carbocycles. The molecule has 25 heavy (non-hydrogen) atoms. The van der Waals surface area contributed by atoms with E-state index in [1.165, 1.54) is 19.2 Å². The number of phenols is 1. The SMILES string of the molecule is COc1ccc(C(NC(=O)c2cccc(F)c2O)C2CC(O)C2)cn1. The number of rotatable bonds is 5. The minimum Gasteiger partial charge on any atom is -0.504 e. The molecule has 3 N–H and O–H groups in total. The number of aliphatic hydroxyl groups excluding tert-OH is 1. The maximum Gasteiger partial charge on any atom is 0.255 e. The number of aliphatic hydroxyl groups is 1. The zero-order valence-corrected chi connectivity index (χ0v) is 13.6. The van der Waals surface area contributed by atoms with Crippen molar-refractivity contribution in [2.24, 2.45) is 5.92 Å². The van der Waals surface area contributed by atoms with Gasteiger partial charge in [0.25, 0.3) is 5.91 Å². The Morgan fingerprint density at radius 2 is 2.12 bits per heavy atom. The number of ether oxygens (including phenoxy) is 1. The molecule has 6 nitrogen and oxygen atoms in total. The van der Waals surface area contributed by atoms with E-state index < -0.39 is 29.6 Å². The molecule has 1 unspecified atom stereocenters. The highest BCUT2D eigenvalue weighted by Crippen LogP contribution is 2.38. The first-order valence-corrected chi connectivity index (χ1v) is 7.96. The van der Waals surface area contributed by atoms with Crippen molar-refractivity contribution in [3.8, 4) is 11.6 Å². The lowest BCUT2D eigenvalue weighted by molar-refractivity contribution is 0.0234. The van der Waals surface area contributed by atoms with Crippen molar-refractivity contribution in [1.82, 2.24) is 10.3 Å². The number of benzene rings is 1. The Kier molecular flexibility index (Phi) is 4.85. The Balaban J connectivity index is 1.84. The fraction of sp³-hybridized carbons (Fsp3) is 0.333. The number of nitrogens with zero attached hydrogens (tertiary/aromatic N) is 1. The van der Waals surface area contributed by atoms with Gasteiger partial charge in [0.15, 0.2) is 11.6 Å². The Morgan fingerprint density at radius 1 is 1.36 bits per heavy atom. The fourth-order valence-corrected chi connectivity index (χ4v) is 2.99. The molecule has 1 aromatic carbocycles. The average molecular weight is 346 g/mol. The summed E-state index contributed by atoms with van der Waals surface area (Å²) in [5, 5.41) is 22.2. The Bertz CT molecular complexity index is 760. The maximum atomic E-state index is 13.5. The minimum atomic E-state index is -0.852. The number of nitrogens with one attached hydrogen (secondary N) is 1. The van der Waals surface area contributed by atoms with Gasteiger partial charge in [-0.3, -0.25) is 4.79 Å². The molecule has 1 amide bonds. The second kappa shape index (κ2) is 7.06. The number of hydrogen-bond donors (Lipinski definition) is 3. The molecule has 1 aromatic heterocycles. The van der Waals surface area contributed by atoms with Crippen molar-refractivity contribution in [2.45, 2.75) is 25.0 Å². The van der Waals surface area contributed by atoms with E-state index in [2.05, 4.69) is 10.3 Å². The van der Waals surface area contributed by atoms with Crippen LogP contribution < -0.4 is 10.1 Å². The second-order valence-corrected chi connectivity index (χ2v) is 6.11. The standard InChI is InChI=1S/C18H19FN2O4/c1-25-15-6-5-10(9-20-15)16(11-7-12(22)8-11)21-18(24)13-3-2-4-14(19)17(13)23/h2-6,9,11-12,16,22-23H,7-8H2,1H3,(H,21,24). The van der Waals surface area contributed by atoms with E-state index in [0.717, 1.165) is 11.6 Å². The summed E-state index contributed by atoms with van der Waals surface area (Å²) in [6.07, 6.45) is 2.30. The first-order chi connectivity index (χ1) is 12.0. The monoisotopic (exact) mass is 346 g/mol. The van der Waals surface area contributed by atoms with Crippen molar-refractivity contribution >= 4 is 5.91 Å². The van der Waals surface area contributed by atoms with E-state index in [1.54, 1.807) is 18.3 Å². The molecular weight excluding hydrogens is 327 g/mol. The van der Waals surface area contributed by atoms with E-state index >= 15 is 0 Å². The number of carbonyl (C=O) groups excluding carboxylic acids is 1. The first kappa shape index (κ1) is 17.2. The molecule has 7 heteroatoms. The summed E-state index contributed by atoms with van der Waals surface area (Å²) in [5.41, 5.74) is 0.619. The normalized spacial score (nSPS) is 20.4. The number of methoxy groups -OCH3 is 1. The zero-order valence-electron chi connectivity index (χ0n) is 13.6. The number of aromatic hydroxyl groups is 1. The molecule has 0 spiro atoms. The van der Waals surface area contributed by atoms with Crippen molar-refractivity contribution in [3.63, 3.8) is 0 Å². The van der Waals surface area contributed by atoms with Crippen LogP contribution in [0.3, 0.4) is 0 Å². The van der Waals surface area contributed by atoms with Crippen LogP contribution in [0.4, 0.5) is 4.39 Å². The van der Waals surface area contributed by atoms with Crippen molar-refractivity contribution in [3.05, 3.63) is 53.5 Å². The molecule has 1 fully saturated rings. The van der Waals surface area contributed by atoms with Crippen molar-refractivity contribution in [2.75, 3.05) is 7.11 Å². The number of pyridine rings is 1. The molecule has 1 heterocycles. The number of aromatic nitrogens is 1. The molecule has 1 aliphatic rings. The summed E-state index contributed by atoms with van der Waals surface area (Å²) >= 11 is 0. The van der Waals surface area contributed by atoms with Crippen LogP contribution in [0.1, 0.15) is 34.8 Å². The van der Waals surface area contributed by atoms with E-state index in [1.807, 2.05) is 0 Å². The predicted octanol–water partition coefficient (Wildman–Crippen LogP) is 2.18. The summed E-state index contributed by atoms with van der Waals surface area (Å²) in [6, 6.07) is 6.86. The third-order valence-corrected chi connectivity index (χ3v) is 4.47. The smallest absolute Gasteiger partial charge is 0.255 e. The van der Waals surface area contributed by atoms with Crippen LogP contribution in [0, 0.1) is 11.7 Å². The van der Waals surface area contributed by atoms with Gasteiger partial charge in [-0.25, -0.2) is 9.37 Å². The summed E-state index contributed by atoms with van der Waals surface area (Å²) < 4.78 is 18.5. The van der Waals surface area contributed by atoms with Gasteiger partial charge in [-0.05, 0) is 36.5 Å². The molecule has 1 atom stereocenters. The zero-order chi connectivity index (χ0) is 18.0. The number of carbonyl (C=O) groups is 1. The summed E-state index contributed by atoms with van der Waals surface area (Å²) in [7, 11) is 1.51. The van der Waals surface area contributed by atoms with Crippen LogP contribution >= 0.6 is 0 Å². The van der Waals surface area contributed by atoms with Gasteiger partial charge in [0, 0.05) is 12.3 Å². The summed E-state index contributed by atoms with van der Waals surface area (Å²) in [5.74, 6) is -1.64. The van der Waals surface area contributed by atoms with Crippen LogP contribution in [0.25, 0.3) is 0 Å². The molecule has 2 aromatic rings. The van der Waals surface area contributed by atoms with Gasteiger partial charge < -0.3 is 20.3 Å². The third-order valence-electron chi connectivity index (χ3n) is 4.47. The summed E-state index contributed by atoms with van der Waals surface area (Å²) in [4.78, 5) is 16.6. The Labute approximate surface area is 144 Å². The third kappa shape index (κ3) is 3.56. The first-order valence-electron chi connectivity index (χ1n) is 7.96. The average Bonchev–Trinajstić information content (AvgIpc) is 2.59. The Hall–Kier alpha value is -2.67. The molecule has 0 bridgehead atoms. The quantitative estimate of drug-likeness (QED) is 0.772. The van der Waals surface area contributed by atoms with Crippen LogP contribution in [-0.2, 0) is 0 Å². The number of hydrogen-bond acceptors (Lipinski definition) is 5. The number of phenolic OH excluding ortho intramolecular Hbond substituents is 1. The number of amides is 1. The topological polar surface area (TPSA) is 91.7 Å². The lowest BCUT2D eigenvalue weighted by Gasteiger charge is -2.38. The molecule has 0 radical (unpaired) electrons. The van der Waals surface area contributed by atoms with E-state index in [-0.39, 0.29) is 11.5 Å².